The number of fused-ring (bicyclic) bond motifs is 1. The summed E-state index contributed by atoms with van der Waals surface area (Å²) in [6.45, 7) is 4.43. The molecule has 3 aromatic rings. The zero-order valence-corrected chi connectivity index (χ0v) is 17.1. The molecule has 0 radical (unpaired) electrons. The van der Waals surface area contributed by atoms with Crippen molar-refractivity contribution in [2.75, 3.05) is 6.54 Å². The quantitative estimate of drug-likeness (QED) is 0.667. The van der Waals surface area contributed by atoms with Crippen LogP contribution in [0.3, 0.4) is 0 Å². The Hall–Kier alpha value is -2.31. The number of benzene rings is 2. The van der Waals surface area contributed by atoms with Crippen molar-refractivity contribution in [3.8, 4) is 5.75 Å². The van der Waals surface area contributed by atoms with E-state index >= 15 is 0 Å². The van der Waals surface area contributed by atoms with Crippen molar-refractivity contribution in [2.45, 2.75) is 50.2 Å². The molecule has 1 fully saturated rings. The smallest absolute Gasteiger partial charge is 0.243 e. The first kappa shape index (κ1) is 19.0. The van der Waals surface area contributed by atoms with Crippen LogP contribution >= 0.6 is 0 Å². The molecule has 148 valence electrons. The van der Waals surface area contributed by atoms with Gasteiger partial charge in [-0.1, -0.05) is 24.6 Å². The minimum atomic E-state index is -3.58. The van der Waals surface area contributed by atoms with Crippen molar-refractivity contribution in [3.63, 3.8) is 0 Å². The Labute approximate surface area is 166 Å². The van der Waals surface area contributed by atoms with E-state index < -0.39 is 10.0 Å². The van der Waals surface area contributed by atoms with Gasteiger partial charge in [-0.05, 0) is 68.5 Å². The minimum Gasteiger partial charge on any atom is -0.491 e. The Kier molecular flexibility index (Phi) is 5.17. The highest BCUT2D eigenvalue weighted by atomic mass is 32.2. The average molecular weight is 399 g/mol. The van der Waals surface area contributed by atoms with E-state index in [1.165, 1.54) is 0 Å². The van der Waals surface area contributed by atoms with Crippen LogP contribution in [0.25, 0.3) is 10.9 Å². The maximum absolute atomic E-state index is 13.4. The summed E-state index contributed by atoms with van der Waals surface area (Å²) in [7, 11) is -3.58. The third-order valence-electron chi connectivity index (χ3n) is 5.17. The van der Waals surface area contributed by atoms with Gasteiger partial charge in [0.1, 0.15) is 5.75 Å². The number of rotatable bonds is 5. The largest absolute Gasteiger partial charge is 0.491 e. The molecule has 6 heteroatoms. The fraction of sp³-hybridized carbons (Fsp3) is 0.364. The van der Waals surface area contributed by atoms with E-state index in [-0.39, 0.29) is 12.1 Å². The van der Waals surface area contributed by atoms with Gasteiger partial charge in [-0.15, -0.1) is 0 Å². The topological polar surface area (TPSA) is 62.4 Å². The van der Waals surface area contributed by atoms with Gasteiger partial charge in [-0.2, -0.15) is 4.31 Å². The highest BCUT2D eigenvalue weighted by Gasteiger charge is 2.35. The normalized spacial score (nSPS) is 18.6. The molecule has 0 bridgehead atoms. The number of aromatic nitrogens is 1. The summed E-state index contributed by atoms with van der Waals surface area (Å²) in [6.07, 6.45) is 2.77. The van der Waals surface area contributed by atoms with Crippen molar-refractivity contribution in [1.29, 1.82) is 0 Å². The summed E-state index contributed by atoms with van der Waals surface area (Å²) in [5.41, 5.74) is 2.00. The predicted molar refractivity (Wildman–Crippen MR) is 111 cm³/mol. The van der Waals surface area contributed by atoms with Crippen LogP contribution in [0, 0.1) is 0 Å². The molecule has 1 aromatic heterocycles. The van der Waals surface area contributed by atoms with E-state index in [0.717, 1.165) is 35.9 Å². The molecule has 1 aliphatic heterocycles. The number of sulfonamides is 1. The maximum Gasteiger partial charge on any atom is 0.243 e. The van der Waals surface area contributed by atoms with Gasteiger partial charge in [0.2, 0.25) is 10.0 Å². The van der Waals surface area contributed by atoms with Crippen LogP contribution in [0.2, 0.25) is 0 Å². The van der Waals surface area contributed by atoms with Crippen molar-refractivity contribution in [3.05, 3.63) is 60.3 Å². The Balaban J connectivity index is 1.66. The summed E-state index contributed by atoms with van der Waals surface area (Å²) in [5.74, 6) is 0.680. The zero-order valence-electron chi connectivity index (χ0n) is 16.3. The monoisotopic (exact) mass is 398 g/mol. The van der Waals surface area contributed by atoms with Gasteiger partial charge in [0.15, 0.2) is 0 Å². The fourth-order valence-corrected chi connectivity index (χ4v) is 5.55. The first-order valence-electron chi connectivity index (χ1n) is 9.81. The van der Waals surface area contributed by atoms with Gasteiger partial charge in [-0.3, -0.25) is 0 Å². The molecule has 4 rings (SSSR count). The van der Waals surface area contributed by atoms with Crippen LogP contribution in [0.15, 0.2) is 59.5 Å². The summed E-state index contributed by atoms with van der Waals surface area (Å²) in [5, 5.41) is 1.11. The van der Waals surface area contributed by atoms with E-state index in [0.29, 0.717) is 17.2 Å². The van der Waals surface area contributed by atoms with E-state index in [1.54, 1.807) is 28.6 Å². The van der Waals surface area contributed by atoms with Crippen LogP contribution in [0.5, 0.6) is 5.75 Å². The third kappa shape index (κ3) is 3.66. The predicted octanol–water partition coefficient (Wildman–Crippen LogP) is 4.87. The van der Waals surface area contributed by atoms with Gasteiger partial charge >= 0.3 is 0 Å². The molecule has 1 aliphatic rings. The number of aromatic amines is 1. The van der Waals surface area contributed by atoms with Crippen LogP contribution < -0.4 is 4.74 Å². The highest BCUT2D eigenvalue weighted by Crippen LogP contribution is 2.36. The standard InChI is InChI=1S/C22H26N2O3S/c1-16(2)27-18-10-12-19(13-11-18)28(25,26)24-14-6-5-9-22(24)21-15-17-7-3-4-8-20(17)23-21/h3-4,7-8,10-13,15-16,22-23H,5-6,9,14H2,1-2H3. The number of ether oxygens (including phenoxy) is 1. The lowest BCUT2D eigenvalue weighted by Crippen LogP contribution is -2.38. The first-order chi connectivity index (χ1) is 13.4. The Bertz CT molecular complexity index is 1020. The molecule has 0 amide bonds. The molecule has 2 aromatic carbocycles. The second-order valence-electron chi connectivity index (χ2n) is 7.58. The summed E-state index contributed by atoms with van der Waals surface area (Å²) < 4.78 is 34.1. The first-order valence-corrected chi connectivity index (χ1v) is 11.3. The second-order valence-corrected chi connectivity index (χ2v) is 9.47. The molecule has 1 atom stereocenters. The number of nitrogens with one attached hydrogen (secondary N) is 1. The number of para-hydroxylation sites is 1. The van der Waals surface area contributed by atoms with Crippen molar-refractivity contribution < 1.29 is 13.2 Å². The number of H-pyrrole nitrogens is 1. The molecule has 0 saturated carbocycles. The van der Waals surface area contributed by atoms with Gasteiger partial charge in [0.25, 0.3) is 0 Å². The minimum absolute atomic E-state index is 0.0518. The SMILES string of the molecule is CC(C)Oc1ccc(S(=O)(=O)N2CCCCC2c2cc3ccccc3[nH]2)cc1. The third-order valence-corrected chi connectivity index (χ3v) is 7.09. The lowest BCUT2D eigenvalue weighted by Gasteiger charge is -2.34. The van der Waals surface area contributed by atoms with Gasteiger partial charge in [0, 0.05) is 17.8 Å². The van der Waals surface area contributed by atoms with Crippen molar-refractivity contribution in [2.24, 2.45) is 0 Å². The Morgan fingerprint density at radius 1 is 1.07 bits per heavy atom. The summed E-state index contributed by atoms with van der Waals surface area (Å²) >= 11 is 0. The van der Waals surface area contributed by atoms with E-state index in [9.17, 15) is 8.42 Å². The number of hydrogen-bond acceptors (Lipinski definition) is 3. The Morgan fingerprint density at radius 3 is 2.54 bits per heavy atom. The maximum atomic E-state index is 13.4. The number of hydrogen-bond donors (Lipinski definition) is 1. The van der Waals surface area contributed by atoms with Crippen LogP contribution in [-0.4, -0.2) is 30.4 Å². The lowest BCUT2D eigenvalue weighted by atomic mass is 10.0. The molecule has 0 spiro atoms. The molecule has 5 nitrogen and oxygen atoms in total. The van der Waals surface area contributed by atoms with Crippen molar-refractivity contribution >= 4 is 20.9 Å². The van der Waals surface area contributed by atoms with Crippen LogP contribution in [0.1, 0.15) is 44.8 Å². The highest BCUT2D eigenvalue weighted by molar-refractivity contribution is 7.89. The molecule has 2 heterocycles. The summed E-state index contributed by atoms with van der Waals surface area (Å²) in [6, 6.07) is 16.7. The van der Waals surface area contributed by atoms with E-state index in [4.69, 9.17) is 4.74 Å². The summed E-state index contributed by atoms with van der Waals surface area (Å²) in [4.78, 5) is 3.74. The molecule has 1 saturated heterocycles. The van der Waals surface area contributed by atoms with Crippen LogP contribution in [0.4, 0.5) is 0 Å². The van der Waals surface area contributed by atoms with Gasteiger partial charge in [0.05, 0.1) is 17.0 Å². The molecular formula is C22H26N2O3S. The van der Waals surface area contributed by atoms with Gasteiger partial charge in [-0.25, -0.2) is 8.42 Å². The molecule has 1 N–H and O–H groups in total. The second kappa shape index (κ2) is 7.60. The number of piperidine rings is 1. The number of nitrogens with zero attached hydrogens (tertiary/aromatic N) is 1. The molecule has 1 unspecified atom stereocenters. The van der Waals surface area contributed by atoms with Crippen molar-refractivity contribution in [1.82, 2.24) is 9.29 Å². The Morgan fingerprint density at radius 2 is 1.82 bits per heavy atom. The van der Waals surface area contributed by atoms with Crippen LogP contribution in [-0.2, 0) is 10.0 Å². The van der Waals surface area contributed by atoms with E-state index in [1.807, 2.05) is 38.1 Å². The zero-order chi connectivity index (χ0) is 19.7. The lowest BCUT2D eigenvalue weighted by molar-refractivity contribution is 0.242. The average Bonchev–Trinajstić information content (AvgIpc) is 3.12. The fourth-order valence-electron chi connectivity index (χ4n) is 3.88. The van der Waals surface area contributed by atoms with Gasteiger partial charge < -0.3 is 9.72 Å². The molecule has 28 heavy (non-hydrogen) atoms. The molecular weight excluding hydrogens is 372 g/mol. The molecule has 0 aliphatic carbocycles. The van der Waals surface area contributed by atoms with E-state index in [2.05, 4.69) is 11.1 Å².